The lowest BCUT2D eigenvalue weighted by molar-refractivity contribution is -0.142. The molecule has 0 aliphatic heterocycles. The van der Waals surface area contributed by atoms with E-state index in [4.69, 9.17) is 9.84 Å². The number of ether oxygens (including phenoxy) is 1. The second-order valence-electron chi connectivity index (χ2n) is 3.09. The molecular weight excluding hydrogens is 242 g/mol. The summed E-state index contributed by atoms with van der Waals surface area (Å²) in [5, 5.41) is 12.8. The second kappa shape index (κ2) is 7.59. The van der Waals surface area contributed by atoms with E-state index in [0.29, 0.717) is 6.54 Å². The van der Waals surface area contributed by atoms with Crippen LogP contribution >= 0.6 is 11.3 Å². The van der Waals surface area contributed by atoms with Crippen molar-refractivity contribution >= 4 is 29.3 Å². The van der Waals surface area contributed by atoms with E-state index in [1.54, 1.807) is 17.4 Å². The summed E-state index contributed by atoms with van der Waals surface area (Å²) in [6.07, 6.45) is 3.15. The number of thiophene rings is 1. The molecule has 17 heavy (non-hydrogen) atoms. The maximum absolute atomic E-state index is 11.3. The molecule has 1 heterocycles. The Balaban J connectivity index is 2.11. The van der Waals surface area contributed by atoms with Gasteiger partial charge in [-0.1, -0.05) is 6.07 Å². The van der Waals surface area contributed by atoms with Crippen molar-refractivity contribution in [3.05, 3.63) is 28.5 Å². The normalized spacial score (nSPS) is 10.6. The topological polar surface area (TPSA) is 75.6 Å². The van der Waals surface area contributed by atoms with Gasteiger partial charge < -0.3 is 15.2 Å². The molecule has 0 atom stereocenters. The van der Waals surface area contributed by atoms with Crippen LogP contribution in [0.4, 0.5) is 0 Å². The van der Waals surface area contributed by atoms with E-state index in [0.717, 1.165) is 4.88 Å². The first kappa shape index (κ1) is 13.4. The number of carboxylic acids is 1. The summed E-state index contributed by atoms with van der Waals surface area (Å²) < 4.78 is 4.76. The van der Waals surface area contributed by atoms with E-state index < -0.39 is 5.97 Å². The highest BCUT2D eigenvalue weighted by molar-refractivity contribution is 7.10. The van der Waals surface area contributed by atoms with Gasteiger partial charge in [-0.05, 0) is 17.5 Å². The standard InChI is InChI=1S/C11H13NO4S/c13-10(4-3-9-2-1-7-17-9)12-5-6-16-8-11(14)15/h1-4,7H,5-6,8H2,(H,12,13)(H,14,15). The molecule has 0 aliphatic carbocycles. The SMILES string of the molecule is O=C(O)COCCNC(=O)C=Cc1cccs1. The molecule has 0 fully saturated rings. The van der Waals surface area contributed by atoms with Gasteiger partial charge in [-0.15, -0.1) is 11.3 Å². The van der Waals surface area contributed by atoms with E-state index in [-0.39, 0.29) is 19.1 Å². The zero-order chi connectivity index (χ0) is 12.5. The smallest absolute Gasteiger partial charge is 0.329 e. The van der Waals surface area contributed by atoms with Gasteiger partial charge in [-0.25, -0.2) is 4.79 Å². The zero-order valence-corrected chi connectivity index (χ0v) is 9.90. The van der Waals surface area contributed by atoms with Crippen LogP contribution in [-0.2, 0) is 14.3 Å². The van der Waals surface area contributed by atoms with Crippen LogP contribution in [0.5, 0.6) is 0 Å². The fourth-order valence-electron chi connectivity index (χ4n) is 1.01. The number of aliphatic carboxylic acids is 1. The van der Waals surface area contributed by atoms with Crippen molar-refractivity contribution in [2.75, 3.05) is 19.8 Å². The Hall–Kier alpha value is -1.66. The second-order valence-corrected chi connectivity index (χ2v) is 4.07. The van der Waals surface area contributed by atoms with Gasteiger partial charge in [0.1, 0.15) is 6.61 Å². The van der Waals surface area contributed by atoms with Crippen LogP contribution in [0.2, 0.25) is 0 Å². The van der Waals surface area contributed by atoms with Gasteiger partial charge in [-0.3, -0.25) is 4.79 Å². The molecule has 0 unspecified atom stereocenters. The fourth-order valence-corrected chi connectivity index (χ4v) is 1.63. The van der Waals surface area contributed by atoms with E-state index >= 15 is 0 Å². The molecule has 6 heteroatoms. The van der Waals surface area contributed by atoms with Gasteiger partial charge >= 0.3 is 5.97 Å². The number of rotatable bonds is 7. The number of carbonyl (C=O) groups is 2. The summed E-state index contributed by atoms with van der Waals surface area (Å²) in [6.45, 7) is 0.132. The molecule has 0 spiro atoms. The van der Waals surface area contributed by atoms with Crippen molar-refractivity contribution in [2.24, 2.45) is 0 Å². The monoisotopic (exact) mass is 255 g/mol. The third-order valence-corrected chi connectivity index (χ3v) is 2.55. The lowest BCUT2D eigenvalue weighted by Crippen LogP contribution is -2.26. The third kappa shape index (κ3) is 6.49. The molecule has 0 saturated heterocycles. The summed E-state index contributed by atoms with van der Waals surface area (Å²) in [5.74, 6) is -1.24. The minimum Gasteiger partial charge on any atom is -0.480 e. The third-order valence-electron chi connectivity index (χ3n) is 1.71. The van der Waals surface area contributed by atoms with Gasteiger partial charge in [0, 0.05) is 17.5 Å². The maximum atomic E-state index is 11.3. The fraction of sp³-hybridized carbons (Fsp3) is 0.273. The van der Waals surface area contributed by atoms with Crippen molar-refractivity contribution in [1.82, 2.24) is 5.32 Å². The van der Waals surface area contributed by atoms with Crippen molar-refractivity contribution in [1.29, 1.82) is 0 Å². The number of nitrogens with one attached hydrogen (secondary N) is 1. The van der Waals surface area contributed by atoms with Gasteiger partial charge in [0.05, 0.1) is 6.61 Å². The summed E-state index contributed by atoms with van der Waals surface area (Å²) in [5.41, 5.74) is 0. The molecule has 0 radical (unpaired) electrons. The Morgan fingerprint density at radius 2 is 2.35 bits per heavy atom. The largest absolute Gasteiger partial charge is 0.480 e. The molecule has 5 nitrogen and oxygen atoms in total. The molecule has 2 N–H and O–H groups in total. The minimum atomic E-state index is -1.02. The average molecular weight is 255 g/mol. The van der Waals surface area contributed by atoms with Crippen LogP contribution in [0.3, 0.4) is 0 Å². The highest BCUT2D eigenvalue weighted by atomic mass is 32.1. The van der Waals surface area contributed by atoms with Crippen molar-refractivity contribution in [3.8, 4) is 0 Å². The summed E-state index contributed by atoms with van der Waals surface area (Å²) >= 11 is 1.54. The van der Waals surface area contributed by atoms with Gasteiger partial charge in [0.25, 0.3) is 0 Å². The van der Waals surface area contributed by atoms with Crippen molar-refractivity contribution < 1.29 is 19.4 Å². The lowest BCUT2D eigenvalue weighted by Gasteiger charge is -2.01. The zero-order valence-electron chi connectivity index (χ0n) is 9.09. The van der Waals surface area contributed by atoms with Crippen LogP contribution in [0.15, 0.2) is 23.6 Å². The van der Waals surface area contributed by atoms with Crippen LogP contribution in [0, 0.1) is 0 Å². The van der Waals surface area contributed by atoms with E-state index in [1.807, 2.05) is 17.5 Å². The molecule has 92 valence electrons. The van der Waals surface area contributed by atoms with Crippen LogP contribution < -0.4 is 5.32 Å². The average Bonchev–Trinajstić information content (AvgIpc) is 2.78. The summed E-state index contributed by atoms with van der Waals surface area (Å²) in [6, 6.07) is 3.81. The van der Waals surface area contributed by atoms with E-state index in [2.05, 4.69) is 5.32 Å². The molecule has 0 saturated carbocycles. The Morgan fingerprint density at radius 1 is 1.53 bits per heavy atom. The molecule has 1 aromatic heterocycles. The first-order valence-electron chi connectivity index (χ1n) is 4.97. The van der Waals surface area contributed by atoms with Crippen LogP contribution in [0.25, 0.3) is 6.08 Å². The molecule has 1 rings (SSSR count). The maximum Gasteiger partial charge on any atom is 0.329 e. The Kier molecular flexibility index (Phi) is 5.98. The lowest BCUT2D eigenvalue weighted by atomic mass is 10.4. The summed E-state index contributed by atoms with van der Waals surface area (Å²) in [7, 11) is 0. The quantitative estimate of drug-likeness (QED) is 0.562. The van der Waals surface area contributed by atoms with Gasteiger partial charge in [0.15, 0.2) is 0 Å². The molecule has 1 aromatic rings. The predicted octanol–water partition coefficient (Wildman–Crippen LogP) is 0.979. The number of hydrogen-bond donors (Lipinski definition) is 2. The highest BCUT2D eigenvalue weighted by Gasteiger charge is 1.97. The molecule has 0 aliphatic rings. The molecule has 1 amide bonds. The van der Waals surface area contributed by atoms with Crippen LogP contribution in [0.1, 0.15) is 4.88 Å². The van der Waals surface area contributed by atoms with Crippen molar-refractivity contribution in [3.63, 3.8) is 0 Å². The first-order chi connectivity index (χ1) is 8.18. The predicted molar refractivity (Wildman–Crippen MR) is 64.8 cm³/mol. The number of hydrogen-bond acceptors (Lipinski definition) is 4. The van der Waals surface area contributed by atoms with Gasteiger partial charge in [0.2, 0.25) is 5.91 Å². The summed E-state index contributed by atoms with van der Waals surface area (Å²) in [4.78, 5) is 22.4. The number of carbonyl (C=O) groups excluding carboxylic acids is 1. The number of amides is 1. The van der Waals surface area contributed by atoms with E-state index in [9.17, 15) is 9.59 Å². The molecule has 0 bridgehead atoms. The molecule has 0 aromatic carbocycles. The Labute approximate surface area is 103 Å². The Bertz CT molecular complexity index is 386. The van der Waals surface area contributed by atoms with Crippen molar-refractivity contribution in [2.45, 2.75) is 0 Å². The van der Waals surface area contributed by atoms with Crippen LogP contribution in [-0.4, -0.2) is 36.7 Å². The minimum absolute atomic E-state index is 0.185. The first-order valence-corrected chi connectivity index (χ1v) is 5.85. The highest BCUT2D eigenvalue weighted by Crippen LogP contribution is 2.09. The molecular formula is C11H13NO4S. The number of carboxylic acid groups (broad SMARTS) is 1. The Morgan fingerprint density at radius 3 is 3.00 bits per heavy atom. The van der Waals surface area contributed by atoms with E-state index in [1.165, 1.54) is 6.08 Å². The van der Waals surface area contributed by atoms with Gasteiger partial charge in [-0.2, -0.15) is 0 Å².